The van der Waals surface area contributed by atoms with E-state index in [1.54, 1.807) is 42.5 Å². The zero-order valence-corrected chi connectivity index (χ0v) is 23.2. The maximum atomic E-state index is 12.7. The van der Waals surface area contributed by atoms with Crippen molar-refractivity contribution in [3.63, 3.8) is 0 Å². The van der Waals surface area contributed by atoms with Crippen LogP contribution in [0.15, 0.2) is 75.6 Å². The molecule has 5 rings (SSSR count). The molecule has 3 aromatic carbocycles. The Bertz CT molecular complexity index is 1690. The van der Waals surface area contributed by atoms with Gasteiger partial charge < -0.3 is 14.2 Å². The lowest BCUT2D eigenvalue weighted by Crippen LogP contribution is -2.33. The molecule has 0 atom stereocenters. The highest BCUT2D eigenvalue weighted by Crippen LogP contribution is 2.35. The standard InChI is InChI=1S/C28H20Cl3N3O3S/c1-14(2)15-6-9-23-21(12-15)33-27(37-23)18-13-16(7-8-19(18)29)32-28(38)34-26(35)24-11-10-22(36-24)17-4-3-5-20(30)25(17)31/h3-14H,1-2H3,(H2,32,34,35,38). The van der Waals surface area contributed by atoms with Crippen LogP contribution in [-0.4, -0.2) is 16.0 Å². The molecule has 6 nitrogen and oxygen atoms in total. The molecule has 0 fully saturated rings. The van der Waals surface area contributed by atoms with Gasteiger partial charge in [0.15, 0.2) is 16.5 Å². The largest absolute Gasteiger partial charge is 0.451 e. The number of furan rings is 1. The summed E-state index contributed by atoms with van der Waals surface area (Å²) in [6.07, 6.45) is 0. The molecule has 0 saturated heterocycles. The summed E-state index contributed by atoms with van der Waals surface area (Å²) >= 11 is 24.1. The van der Waals surface area contributed by atoms with Gasteiger partial charge in [-0.05, 0) is 78.3 Å². The molecule has 0 aliphatic rings. The second-order valence-corrected chi connectivity index (χ2v) is 10.4. The predicted molar refractivity (Wildman–Crippen MR) is 156 cm³/mol. The number of nitrogens with one attached hydrogen (secondary N) is 2. The number of carbonyl (C=O) groups is 1. The number of anilines is 1. The molecule has 192 valence electrons. The van der Waals surface area contributed by atoms with Crippen LogP contribution in [0.3, 0.4) is 0 Å². The SMILES string of the molecule is CC(C)c1ccc2oc(-c3cc(NC(=S)NC(=O)c4ccc(-c5cccc(Cl)c5Cl)o4)ccc3Cl)nc2c1. The monoisotopic (exact) mass is 583 g/mol. The fourth-order valence-electron chi connectivity index (χ4n) is 3.81. The number of rotatable bonds is 5. The molecule has 0 spiro atoms. The number of oxazole rings is 1. The van der Waals surface area contributed by atoms with Crippen LogP contribution in [-0.2, 0) is 0 Å². The van der Waals surface area contributed by atoms with Crippen LogP contribution in [0.25, 0.3) is 33.9 Å². The number of hydrogen-bond donors (Lipinski definition) is 2. The number of amides is 1. The third-order valence-corrected chi connectivity index (χ3v) is 7.16. The van der Waals surface area contributed by atoms with Gasteiger partial charge in [0.25, 0.3) is 5.91 Å². The van der Waals surface area contributed by atoms with Crippen LogP contribution in [0, 0.1) is 0 Å². The summed E-state index contributed by atoms with van der Waals surface area (Å²) in [6.45, 7) is 4.24. The molecular weight excluding hydrogens is 565 g/mol. The molecule has 38 heavy (non-hydrogen) atoms. The Balaban J connectivity index is 1.30. The lowest BCUT2D eigenvalue weighted by Gasteiger charge is -2.10. The fourth-order valence-corrected chi connectivity index (χ4v) is 4.61. The average molecular weight is 585 g/mol. The van der Waals surface area contributed by atoms with E-state index in [1.165, 1.54) is 11.6 Å². The van der Waals surface area contributed by atoms with Crippen LogP contribution < -0.4 is 10.6 Å². The maximum Gasteiger partial charge on any atom is 0.293 e. The summed E-state index contributed by atoms with van der Waals surface area (Å²) in [5, 5.41) is 6.85. The quantitative estimate of drug-likeness (QED) is 0.201. The van der Waals surface area contributed by atoms with E-state index in [-0.39, 0.29) is 10.9 Å². The molecule has 2 N–H and O–H groups in total. The predicted octanol–water partition coefficient (Wildman–Crippen LogP) is 8.97. The van der Waals surface area contributed by atoms with Crippen molar-refractivity contribution in [3.05, 3.63) is 93.1 Å². The molecule has 0 radical (unpaired) electrons. The van der Waals surface area contributed by atoms with Gasteiger partial charge in [0, 0.05) is 11.3 Å². The highest BCUT2D eigenvalue weighted by Gasteiger charge is 2.17. The van der Waals surface area contributed by atoms with Gasteiger partial charge in [-0.15, -0.1) is 0 Å². The first-order valence-corrected chi connectivity index (χ1v) is 13.1. The van der Waals surface area contributed by atoms with Crippen LogP contribution in [0.4, 0.5) is 5.69 Å². The average Bonchev–Trinajstić information content (AvgIpc) is 3.54. The highest BCUT2D eigenvalue weighted by molar-refractivity contribution is 7.80. The van der Waals surface area contributed by atoms with E-state index in [9.17, 15) is 4.79 Å². The fraction of sp³-hybridized carbons (Fsp3) is 0.107. The van der Waals surface area contributed by atoms with Gasteiger partial charge in [-0.3, -0.25) is 10.1 Å². The van der Waals surface area contributed by atoms with Gasteiger partial charge in [0.2, 0.25) is 5.89 Å². The second-order valence-electron chi connectivity index (χ2n) is 8.77. The van der Waals surface area contributed by atoms with Crippen molar-refractivity contribution in [1.82, 2.24) is 10.3 Å². The third kappa shape index (κ3) is 5.42. The Morgan fingerprint density at radius 2 is 1.74 bits per heavy atom. The van der Waals surface area contributed by atoms with Gasteiger partial charge in [-0.1, -0.05) is 60.8 Å². The maximum absolute atomic E-state index is 12.7. The Morgan fingerprint density at radius 3 is 2.53 bits per heavy atom. The minimum Gasteiger partial charge on any atom is -0.451 e. The first-order chi connectivity index (χ1) is 18.2. The first-order valence-electron chi connectivity index (χ1n) is 11.6. The van der Waals surface area contributed by atoms with Crippen molar-refractivity contribution in [1.29, 1.82) is 0 Å². The second kappa shape index (κ2) is 10.8. The van der Waals surface area contributed by atoms with E-state index in [2.05, 4.69) is 29.5 Å². The van der Waals surface area contributed by atoms with E-state index in [0.29, 0.717) is 55.0 Å². The minimum atomic E-state index is -0.527. The molecule has 2 aromatic heterocycles. The van der Waals surface area contributed by atoms with Crippen molar-refractivity contribution < 1.29 is 13.6 Å². The van der Waals surface area contributed by atoms with Gasteiger partial charge in [0.1, 0.15) is 11.3 Å². The number of carbonyl (C=O) groups excluding carboxylic acids is 1. The third-order valence-electron chi connectivity index (χ3n) is 5.81. The number of thiocarbonyl (C=S) groups is 1. The van der Waals surface area contributed by atoms with E-state index in [0.717, 1.165) is 5.52 Å². The summed E-state index contributed by atoms with van der Waals surface area (Å²) in [6, 6.07) is 19.5. The smallest absolute Gasteiger partial charge is 0.293 e. The highest BCUT2D eigenvalue weighted by atomic mass is 35.5. The molecule has 0 bridgehead atoms. The van der Waals surface area contributed by atoms with Crippen LogP contribution in [0.1, 0.15) is 35.9 Å². The van der Waals surface area contributed by atoms with E-state index in [4.69, 9.17) is 55.9 Å². The van der Waals surface area contributed by atoms with Gasteiger partial charge >= 0.3 is 0 Å². The minimum absolute atomic E-state index is 0.0595. The van der Waals surface area contributed by atoms with Crippen LogP contribution in [0.5, 0.6) is 0 Å². The molecule has 2 heterocycles. The van der Waals surface area contributed by atoms with Crippen LogP contribution >= 0.6 is 47.0 Å². The first kappa shape index (κ1) is 26.3. The lowest BCUT2D eigenvalue weighted by atomic mass is 10.0. The van der Waals surface area contributed by atoms with Gasteiger partial charge in [-0.25, -0.2) is 4.98 Å². The number of nitrogens with zero attached hydrogens (tertiary/aromatic N) is 1. The molecule has 0 unspecified atom stereocenters. The summed E-state index contributed by atoms with van der Waals surface area (Å²) in [5.41, 5.74) is 4.33. The Kier molecular flexibility index (Phi) is 7.45. The van der Waals surface area contributed by atoms with E-state index < -0.39 is 5.91 Å². The summed E-state index contributed by atoms with van der Waals surface area (Å²) in [4.78, 5) is 17.3. The van der Waals surface area contributed by atoms with Crippen molar-refractivity contribution in [2.75, 3.05) is 5.32 Å². The summed E-state index contributed by atoms with van der Waals surface area (Å²) in [5.74, 6) is 0.689. The Morgan fingerprint density at radius 1 is 0.921 bits per heavy atom. The number of hydrogen-bond acceptors (Lipinski definition) is 5. The van der Waals surface area contributed by atoms with Gasteiger partial charge in [-0.2, -0.15) is 0 Å². The number of benzene rings is 3. The molecule has 0 saturated carbocycles. The summed E-state index contributed by atoms with van der Waals surface area (Å²) in [7, 11) is 0. The molecular formula is C28H20Cl3N3O3S. The van der Waals surface area contributed by atoms with Gasteiger partial charge in [0.05, 0.1) is 20.6 Å². The van der Waals surface area contributed by atoms with Crippen molar-refractivity contribution in [2.24, 2.45) is 0 Å². The number of halogens is 3. The van der Waals surface area contributed by atoms with Crippen molar-refractivity contribution >= 4 is 74.8 Å². The lowest BCUT2D eigenvalue weighted by molar-refractivity contribution is 0.0951. The summed E-state index contributed by atoms with van der Waals surface area (Å²) < 4.78 is 11.6. The van der Waals surface area contributed by atoms with E-state index >= 15 is 0 Å². The van der Waals surface area contributed by atoms with Crippen molar-refractivity contribution in [2.45, 2.75) is 19.8 Å². The molecule has 0 aliphatic heterocycles. The molecule has 10 heteroatoms. The zero-order valence-electron chi connectivity index (χ0n) is 20.1. The van der Waals surface area contributed by atoms with E-state index in [1.807, 2.05) is 18.2 Å². The number of aromatic nitrogens is 1. The zero-order chi connectivity index (χ0) is 27.0. The Hall–Kier alpha value is -3.36. The Labute approximate surface area is 238 Å². The molecule has 5 aromatic rings. The van der Waals surface area contributed by atoms with Crippen LogP contribution in [0.2, 0.25) is 15.1 Å². The molecule has 0 aliphatic carbocycles. The van der Waals surface area contributed by atoms with Crippen molar-refractivity contribution in [3.8, 4) is 22.8 Å². The normalized spacial score (nSPS) is 11.2. The molecule has 1 amide bonds. The topological polar surface area (TPSA) is 80.3 Å². The number of fused-ring (bicyclic) bond motifs is 1.